The second kappa shape index (κ2) is 3.17. The number of aromatic nitrogens is 2. The van der Waals surface area contributed by atoms with Crippen LogP contribution in [0.2, 0.25) is 0 Å². The molecule has 0 atom stereocenters. The van der Waals surface area contributed by atoms with E-state index in [9.17, 15) is 0 Å². The Morgan fingerprint density at radius 2 is 2.60 bits per heavy atom. The lowest BCUT2D eigenvalue weighted by molar-refractivity contribution is 1.09. The average Bonchev–Trinajstić information content (AvgIpc) is 2.40. The highest BCUT2D eigenvalue weighted by atomic mass is 32.1. The number of nitrogens with one attached hydrogen (secondary N) is 3. The maximum atomic E-state index is 4.84. The maximum absolute atomic E-state index is 4.84. The molecule has 10 heavy (non-hydrogen) atoms. The van der Waals surface area contributed by atoms with Crippen molar-refractivity contribution in [3.05, 3.63) is 12.4 Å². The van der Waals surface area contributed by atoms with E-state index < -0.39 is 0 Å². The topological polar surface area (TPSA) is 52.7 Å². The minimum atomic E-state index is 0.585. The summed E-state index contributed by atoms with van der Waals surface area (Å²) in [6, 6.07) is 0. The van der Waals surface area contributed by atoms with Crippen LogP contribution in [0.3, 0.4) is 0 Å². The fraction of sp³-hybridized carbons (Fsp3) is 0.200. The van der Waals surface area contributed by atoms with Gasteiger partial charge in [0, 0.05) is 13.2 Å². The molecule has 4 nitrogen and oxygen atoms in total. The molecule has 0 aromatic carbocycles. The molecular formula is C5H8N4S. The minimum absolute atomic E-state index is 0.585. The summed E-state index contributed by atoms with van der Waals surface area (Å²) in [5, 5.41) is 12.7. The smallest absolute Gasteiger partial charge is 0.170 e. The van der Waals surface area contributed by atoms with Gasteiger partial charge >= 0.3 is 0 Å². The summed E-state index contributed by atoms with van der Waals surface area (Å²) in [5.74, 6) is 0. The van der Waals surface area contributed by atoms with Crippen LogP contribution in [0, 0.1) is 0 Å². The van der Waals surface area contributed by atoms with Gasteiger partial charge in [0.1, 0.15) is 0 Å². The van der Waals surface area contributed by atoms with Gasteiger partial charge in [0.05, 0.1) is 11.9 Å². The first-order valence-corrected chi connectivity index (χ1v) is 3.21. The van der Waals surface area contributed by atoms with Gasteiger partial charge in [-0.3, -0.25) is 5.10 Å². The molecule has 0 unspecified atom stereocenters. The van der Waals surface area contributed by atoms with Crippen molar-refractivity contribution in [1.29, 1.82) is 0 Å². The highest BCUT2D eigenvalue weighted by Crippen LogP contribution is 1.99. The molecule has 0 amide bonds. The van der Waals surface area contributed by atoms with E-state index >= 15 is 0 Å². The van der Waals surface area contributed by atoms with Crippen LogP contribution in [0.15, 0.2) is 12.4 Å². The lowest BCUT2D eigenvalue weighted by atomic mass is 10.6. The lowest BCUT2D eigenvalue weighted by Gasteiger charge is -2.01. The van der Waals surface area contributed by atoms with Crippen LogP contribution < -0.4 is 10.6 Å². The van der Waals surface area contributed by atoms with E-state index in [0.717, 1.165) is 5.69 Å². The number of nitrogens with zero attached hydrogens (tertiary/aromatic N) is 1. The molecule has 1 rings (SSSR count). The van der Waals surface area contributed by atoms with E-state index in [1.54, 1.807) is 19.4 Å². The van der Waals surface area contributed by atoms with Crippen molar-refractivity contribution in [2.24, 2.45) is 0 Å². The van der Waals surface area contributed by atoms with E-state index in [0.29, 0.717) is 5.11 Å². The highest BCUT2D eigenvalue weighted by Gasteiger charge is 1.92. The average molecular weight is 156 g/mol. The van der Waals surface area contributed by atoms with Crippen molar-refractivity contribution < 1.29 is 0 Å². The van der Waals surface area contributed by atoms with E-state index in [1.807, 2.05) is 0 Å². The van der Waals surface area contributed by atoms with Crippen molar-refractivity contribution in [1.82, 2.24) is 15.5 Å². The molecule has 0 bridgehead atoms. The molecule has 5 heteroatoms. The fourth-order valence-corrected chi connectivity index (χ4v) is 0.631. The predicted octanol–water partition coefficient (Wildman–Crippen LogP) is 0.326. The van der Waals surface area contributed by atoms with Crippen LogP contribution >= 0.6 is 12.2 Å². The zero-order valence-electron chi connectivity index (χ0n) is 5.51. The van der Waals surface area contributed by atoms with Gasteiger partial charge in [-0.05, 0) is 12.2 Å². The molecule has 0 saturated heterocycles. The Morgan fingerprint density at radius 1 is 1.80 bits per heavy atom. The molecule has 1 aromatic rings. The predicted molar refractivity (Wildman–Crippen MR) is 43.9 cm³/mol. The van der Waals surface area contributed by atoms with Crippen LogP contribution in [0.4, 0.5) is 5.69 Å². The fourth-order valence-electron chi connectivity index (χ4n) is 0.513. The highest BCUT2D eigenvalue weighted by molar-refractivity contribution is 7.80. The second-order valence-corrected chi connectivity index (χ2v) is 2.10. The van der Waals surface area contributed by atoms with Crippen molar-refractivity contribution in [3.8, 4) is 0 Å². The number of hydrogen-bond acceptors (Lipinski definition) is 2. The molecule has 0 aliphatic rings. The molecular weight excluding hydrogens is 148 g/mol. The Morgan fingerprint density at radius 3 is 3.10 bits per heavy atom. The summed E-state index contributed by atoms with van der Waals surface area (Å²) in [7, 11) is 1.76. The second-order valence-electron chi connectivity index (χ2n) is 1.69. The van der Waals surface area contributed by atoms with Gasteiger partial charge in [0.2, 0.25) is 0 Å². The van der Waals surface area contributed by atoms with Crippen LogP contribution in [-0.4, -0.2) is 22.4 Å². The number of hydrogen-bond donors (Lipinski definition) is 3. The van der Waals surface area contributed by atoms with Gasteiger partial charge in [-0.1, -0.05) is 0 Å². The third kappa shape index (κ3) is 1.70. The van der Waals surface area contributed by atoms with Crippen LogP contribution in [-0.2, 0) is 0 Å². The van der Waals surface area contributed by atoms with Crippen molar-refractivity contribution >= 4 is 23.0 Å². The molecule has 0 aliphatic heterocycles. The summed E-state index contributed by atoms with van der Waals surface area (Å²) < 4.78 is 0. The maximum Gasteiger partial charge on any atom is 0.170 e. The van der Waals surface area contributed by atoms with Gasteiger partial charge in [0.25, 0.3) is 0 Å². The third-order valence-corrected chi connectivity index (χ3v) is 1.29. The number of rotatable bonds is 1. The van der Waals surface area contributed by atoms with Gasteiger partial charge in [0.15, 0.2) is 5.11 Å². The monoisotopic (exact) mass is 156 g/mol. The summed E-state index contributed by atoms with van der Waals surface area (Å²) >= 11 is 4.84. The first-order chi connectivity index (χ1) is 4.83. The summed E-state index contributed by atoms with van der Waals surface area (Å²) in [6.45, 7) is 0. The van der Waals surface area contributed by atoms with E-state index in [4.69, 9.17) is 12.2 Å². The molecule has 54 valence electrons. The molecule has 0 fully saturated rings. The first kappa shape index (κ1) is 7.01. The van der Waals surface area contributed by atoms with Crippen LogP contribution in [0.1, 0.15) is 0 Å². The molecule has 0 aliphatic carbocycles. The minimum Gasteiger partial charge on any atom is -0.366 e. The standard InChI is InChI=1S/C5H8N4S/c1-6-5(10)9-4-2-7-8-3-4/h2-3H,1H3,(H,7,8)(H2,6,9,10). The Balaban J connectivity index is 2.48. The SMILES string of the molecule is CNC(=S)Nc1cn[nH]c1. The number of H-pyrrole nitrogens is 1. The Labute approximate surface area is 64.0 Å². The molecule has 1 aromatic heterocycles. The van der Waals surface area contributed by atoms with Crippen molar-refractivity contribution in [2.45, 2.75) is 0 Å². The summed E-state index contributed by atoms with van der Waals surface area (Å²) in [5.41, 5.74) is 0.861. The quantitative estimate of drug-likeness (QED) is 0.513. The molecule has 0 saturated carbocycles. The zero-order valence-corrected chi connectivity index (χ0v) is 6.33. The lowest BCUT2D eigenvalue weighted by Crippen LogP contribution is -2.23. The van der Waals surface area contributed by atoms with Crippen molar-refractivity contribution in [3.63, 3.8) is 0 Å². The molecule has 1 heterocycles. The van der Waals surface area contributed by atoms with Crippen LogP contribution in [0.25, 0.3) is 0 Å². The van der Waals surface area contributed by atoms with Gasteiger partial charge < -0.3 is 10.6 Å². The van der Waals surface area contributed by atoms with E-state index in [2.05, 4.69) is 20.8 Å². The molecule has 0 radical (unpaired) electrons. The van der Waals surface area contributed by atoms with Crippen molar-refractivity contribution in [2.75, 3.05) is 12.4 Å². The Bertz CT molecular complexity index is 205. The summed E-state index contributed by atoms with van der Waals surface area (Å²) in [6.07, 6.45) is 3.38. The molecule has 0 spiro atoms. The first-order valence-electron chi connectivity index (χ1n) is 2.80. The van der Waals surface area contributed by atoms with E-state index in [1.165, 1.54) is 0 Å². The Hall–Kier alpha value is -1.10. The van der Waals surface area contributed by atoms with Gasteiger partial charge in [-0.25, -0.2) is 0 Å². The normalized spacial score (nSPS) is 8.90. The number of aromatic amines is 1. The van der Waals surface area contributed by atoms with Gasteiger partial charge in [-0.2, -0.15) is 5.10 Å². The zero-order chi connectivity index (χ0) is 7.40. The van der Waals surface area contributed by atoms with Gasteiger partial charge in [-0.15, -0.1) is 0 Å². The number of anilines is 1. The molecule has 3 N–H and O–H groups in total. The largest absolute Gasteiger partial charge is 0.366 e. The Kier molecular flexibility index (Phi) is 2.22. The number of thiocarbonyl (C=S) groups is 1. The van der Waals surface area contributed by atoms with E-state index in [-0.39, 0.29) is 0 Å². The van der Waals surface area contributed by atoms with Crippen LogP contribution in [0.5, 0.6) is 0 Å². The third-order valence-electron chi connectivity index (χ3n) is 0.983. The summed E-state index contributed by atoms with van der Waals surface area (Å²) in [4.78, 5) is 0.